The number of methoxy groups -OCH3 is 1. The lowest BCUT2D eigenvalue weighted by Gasteiger charge is -2.03. The summed E-state index contributed by atoms with van der Waals surface area (Å²) in [7, 11) is 1.36. The lowest BCUT2D eigenvalue weighted by molar-refractivity contribution is 0.0601. The standard InChI is InChI=1S/C17H17NO3/c1-13-5-3-4-6-16(13)12-21-18-11-14-7-9-15(10-8-14)17(19)20-2/h3-11H,12H2,1-2H3. The highest BCUT2D eigenvalue weighted by Gasteiger charge is 2.03. The van der Waals surface area contributed by atoms with Gasteiger partial charge in [0.1, 0.15) is 6.61 Å². The molecule has 21 heavy (non-hydrogen) atoms. The molecule has 2 rings (SSSR count). The number of benzene rings is 2. The van der Waals surface area contributed by atoms with Crippen LogP contribution in [0.25, 0.3) is 0 Å². The zero-order valence-electron chi connectivity index (χ0n) is 12.1. The van der Waals surface area contributed by atoms with Gasteiger partial charge in [-0.2, -0.15) is 0 Å². The number of aryl methyl sites for hydroxylation is 1. The van der Waals surface area contributed by atoms with Gasteiger partial charge >= 0.3 is 5.97 Å². The number of hydrogen-bond donors (Lipinski definition) is 0. The number of carbonyl (C=O) groups is 1. The van der Waals surface area contributed by atoms with E-state index < -0.39 is 0 Å². The summed E-state index contributed by atoms with van der Waals surface area (Å²) in [6.45, 7) is 2.47. The summed E-state index contributed by atoms with van der Waals surface area (Å²) in [6.07, 6.45) is 1.61. The summed E-state index contributed by atoms with van der Waals surface area (Å²) < 4.78 is 4.64. The second kappa shape index (κ2) is 7.24. The van der Waals surface area contributed by atoms with Crippen molar-refractivity contribution in [1.82, 2.24) is 0 Å². The monoisotopic (exact) mass is 283 g/mol. The topological polar surface area (TPSA) is 47.9 Å². The molecule has 0 heterocycles. The van der Waals surface area contributed by atoms with Gasteiger partial charge in [0.2, 0.25) is 0 Å². The number of esters is 1. The van der Waals surface area contributed by atoms with Crippen LogP contribution in [-0.2, 0) is 16.2 Å². The van der Waals surface area contributed by atoms with Gasteiger partial charge in [0, 0.05) is 0 Å². The Kier molecular flexibility index (Phi) is 5.10. The molecule has 4 heteroatoms. The molecule has 2 aromatic carbocycles. The number of carbonyl (C=O) groups excluding carboxylic acids is 1. The highest BCUT2D eigenvalue weighted by Crippen LogP contribution is 2.08. The summed E-state index contributed by atoms with van der Waals surface area (Å²) in [6, 6.07) is 15.0. The first-order valence-corrected chi connectivity index (χ1v) is 6.59. The molecule has 0 aliphatic heterocycles. The molecule has 4 nitrogen and oxygen atoms in total. The van der Waals surface area contributed by atoms with E-state index in [9.17, 15) is 4.79 Å². The van der Waals surface area contributed by atoms with E-state index in [4.69, 9.17) is 4.84 Å². The van der Waals surface area contributed by atoms with Crippen LogP contribution < -0.4 is 0 Å². The lowest BCUT2D eigenvalue weighted by Crippen LogP contribution is -2.00. The van der Waals surface area contributed by atoms with Crippen molar-refractivity contribution in [2.45, 2.75) is 13.5 Å². The molecule has 0 spiro atoms. The first-order valence-electron chi connectivity index (χ1n) is 6.59. The number of nitrogens with zero attached hydrogens (tertiary/aromatic N) is 1. The van der Waals surface area contributed by atoms with Gasteiger partial charge in [-0.1, -0.05) is 41.6 Å². The van der Waals surface area contributed by atoms with E-state index in [0.717, 1.165) is 11.1 Å². The Balaban J connectivity index is 1.90. The Hall–Kier alpha value is -2.62. The quantitative estimate of drug-likeness (QED) is 0.480. The second-order valence-corrected chi connectivity index (χ2v) is 4.55. The predicted octanol–water partition coefficient (Wildman–Crippen LogP) is 3.33. The molecule has 0 amide bonds. The smallest absolute Gasteiger partial charge is 0.337 e. The molecule has 108 valence electrons. The fourth-order valence-corrected chi connectivity index (χ4v) is 1.80. The fourth-order valence-electron chi connectivity index (χ4n) is 1.80. The van der Waals surface area contributed by atoms with E-state index in [1.165, 1.54) is 12.7 Å². The van der Waals surface area contributed by atoms with E-state index in [1.54, 1.807) is 30.5 Å². The lowest BCUT2D eigenvalue weighted by atomic mass is 10.1. The van der Waals surface area contributed by atoms with Crippen LogP contribution in [0.5, 0.6) is 0 Å². The van der Waals surface area contributed by atoms with Crippen molar-refractivity contribution in [3.05, 3.63) is 70.8 Å². The first-order chi connectivity index (χ1) is 10.2. The third-order valence-corrected chi connectivity index (χ3v) is 3.09. The van der Waals surface area contributed by atoms with Crippen molar-refractivity contribution in [2.24, 2.45) is 5.16 Å². The number of oxime groups is 1. The normalized spacial score (nSPS) is 10.6. The third-order valence-electron chi connectivity index (χ3n) is 3.09. The maximum atomic E-state index is 11.3. The number of hydrogen-bond acceptors (Lipinski definition) is 4. The van der Waals surface area contributed by atoms with Gasteiger partial charge in [0.05, 0.1) is 18.9 Å². The van der Waals surface area contributed by atoms with Crippen molar-refractivity contribution in [1.29, 1.82) is 0 Å². The van der Waals surface area contributed by atoms with E-state index in [0.29, 0.717) is 12.2 Å². The molecule has 0 radical (unpaired) electrons. The maximum Gasteiger partial charge on any atom is 0.337 e. The molecular weight excluding hydrogens is 266 g/mol. The van der Waals surface area contributed by atoms with Crippen LogP contribution >= 0.6 is 0 Å². The average Bonchev–Trinajstić information content (AvgIpc) is 2.53. The van der Waals surface area contributed by atoms with Crippen LogP contribution in [0.4, 0.5) is 0 Å². The second-order valence-electron chi connectivity index (χ2n) is 4.55. The molecule has 0 unspecified atom stereocenters. The summed E-state index contributed by atoms with van der Waals surface area (Å²) in [5.41, 5.74) is 3.65. The zero-order valence-corrected chi connectivity index (χ0v) is 12.1. The molecule has 0 aromatic heterocycles. The Bertz CT molecular complexity index is 633. The van der Waals surface area contributed by atoms with Crippen molar-refractivity contribution in [3.63, 3.8) is 0 Å². The number of ether oxygens (including phenoxy) is 1. The molecular formula is C17H17NO3. The van der Waals surface area contributed by atoms with Crippen LogP contribution in [0.2, 0.25) is 0 Å². The molecule has 0 atom stereocenters. The summed E-state index contributed by atoms with van der Waals surface area (Å²) in [5.74, 6) is -0.353. The minimum absolute atomic E-state index is 0.353. The maximum absolute atomic E-state index is 11.3. The van der Waals surface area contributed by atoms with Gasteiger partial charge in [-0.3, -0.25) is 0 Å². The van der Waals surface area contributed by atoms with Crippen LogP contribution in [0.15, 0.2) is 53.7 Å². The first kappa shape index (κ1) is 14.8. The van der Waals surface area contributed by atoms with E-state index in [1.807, 2.05) is 31.2 Å². The van der Waals surface area contributed by atoms with Crippen LogP contribution in [0.3, 0.4) is 0 Å². The molecule has 0 saturated carbocycles. The van der Waals surface area contributed by atoms with Crippen LogP contribution in [0, 0.1) is 6.92 Å². The Morgan fingerprint density at radius 1 is 1.14 bits per heavy atom. The fraction of sp³-hybridized carbons (Fsp3) is 0.176. The van der Waals surface area contributed by atoms with Gasteiger partial charge in [0.15, 0.2) is 0 Å². The molecule has 0 fully saturated rings. The van der Waals surface area contributed by atoms with Gasteiger partial charge in [0.25, 0.3) is 0 Å². The number of rotatable bonds is 5. The van der Waals surface area contributed by atoms with Crippen molar-refractivity contribution < 1.29 is 14.4 Å². The van der Waals surface area contributed by atoms with Crippen molar-refractivity contribution in [3.8, 4) is 0 Å². The minimum atomic E-state index is -0.353. The molecule has 0 bridgehead atoms. The minimum Gasteiger partial charge on any atom is -0.465 e. The van der Waals surface area contributed by atoms with Crippen LogP contribution in [-0.4, -0.2) is 19.3 Å². The Morgan fingerprint density at radius 3 is 2.52 bits per heavy atom. The van der Waals surface area contributed by atoms with Gasteiger partial charge in [-0.15, -0.1) is 0 Å². The molecule has 0 saturated heterocycles. The van der Waals surface area contributed by atoms with Crippen LogP contribution in [0.1, 0.15) is 27.0 Å². The molecule has 0 N–H and O–H groups in total. The molecule has 2 aromatic rings. The highest BCUT2D eigenvalue weighted by atomic mass is 16.6. The third kappa shape index (κ3) is 4.18. The molecule has 0 aliphatic rings. The van der Waals surface area contributed by atoms with E-state index in [-0.39, 0.29) is 5.97 Å². The average molecular weight is 283 g/mol. The van der Waals surface area contributed by atoms with E-state index >= 15 is 0 Å². The van der Waals surface area contributed by atoms with Gasteiger partial charge in [-0.05, 0) is 35.7 Å². The summed E-state index contributed by atoms with van der Waals surface area (Å²) in [5, 5.41) is 3.93. The van der Waals surface area contributed by atoms with Crippen molar-refractivity contribution >= 4 is 12.2 Å². The molecule has 0 aliphatic carbocycles. The largest absolute Gasteiger partial charge is 0.465 e. The van der Waals surface area contributed by atoms with Gasteiger partial charge < -0.3 is 9.57 Å². The zero-order chi connectivity index (χ0) is 15.1. The Labute approximate surface area is 124 Å². The predicted molar refractivity (Wildman–Crippen MR) is 81.3 cm³/mol. The summed E-state index contributed by atoms with van der Waals surface area (Å²) in [4.78, 5) is 16.6. The summed E-state index contributed by atoms with van der Waals surface area (Å²) >= 11 is 0. The highest BCUT2D eigenvalue weighted by molar-refractivity contribution is 5.90. The van der Waals surface area contributed by atoms with Gasteiger partial charge in [-0.25, -0.2) is 4.79 Å². The van der Waals surface area contributed by atoms with Crippen molar-refractivity contribution in [2.75, 3.05) is 7.11 Å². The van der Waals surface area contributed by atoms with E-state index in [2.05, 4.69) is 9.89 Å². The Morgan fingerprint density at radius 2 is 1.86 bits per heavy atom. The SMILES string of the molecule is COC(=O)c1ccc(C=NOCc2ccccc2C)cc1.